The minimum atomic E-state index is -0.941. The van der Waals surface area contributed by atoms with E-state index in [0.29, 0.717) is 13.0 Å². The van der Waals surface area contributed by atoms with Crippen LogP contribution in [-0.4, -0.2) is 45.8 Å². The number of aromatic nitrogens is 1. The van der Waals surface area contributed by atoms with Gasteiger partial charge in [0.1, 0.15) is 18.0 Å². The molecule has 3 heterocycles. The molecule has 0 aliphatic carbocycles. The smallest absolute Gasteiger partial charge is 0.278 e. The maximum atomic E-state index is 14.1. The second-order valence-corrected chi connectivity index (χ2v) is 7.86. The molecule has 0 fully saturated rings. The van der Waals surface area contributed by atoms with Gasteiger partial charge in [0, 0.05) is 30.9 Å². The first-order valence-electron chi connectivity index (χ1n) is 10.0. The number of halogens is 1. The lowest BCUT2D eigenvalue weighted by molar-refractivity contribution is 0.0694. The first kappa shape index (κ1) is 20.6. The van der Waals surface area contributed by atoms with Gasteiger partial charge in [-0.25, -0.2) is 4.39 Å². The molecule has 31 heavy (non-hydrogen) atoms. The van der Waals surface area contributed by atoms with Gasteiger partial charge in [-0.3, -0.25) is 24.1 Å². The molecule has 1 aromatic heterocycles. The van der Waals surface area contributed by atoms with Crippen LogP contribution in [0, 0.1) is 12.7 Å². The Bertz CT molecular complexity index is 1160. The average Bonchev–Trinajstić information content (AvgIpc) is 2.72. The van der Waals surface area contributed by atoms with Crippen molar-refractivity contribution in [2.24, 2.45) is 0 Å². The summed E-state index contributed by atoms with van der Waals surface area (Å²) in [5, 5.41) is 14.9. The molecule has 9 heteroatoms. The summed E-state index contributed by atoms with van der Waals surface area (Å²) >= 11 is 0. The van der Waals surface area contributed by atoms with E-state index in [9.17, 15) is 23.9 Å². The largest absolute Gasteiger partial charge is 0.502 e. The van der Waals surface area contributed by atoms with Crippen molar-refractivity contribution in [2.75, 3.05) is 18.2 Å². The first-order valence-corrected chi connectivity index (χ1v) is 10.0. The van der Waals surface area contributed by atoms with E-state index in [2.05, 4.69) is 5.32 Å². The molecule has 1 atom stereocenters. The third kappa shape index (κ3) is 3.67. The number of pyridine rings is 1. The monoisotopic (exact) mass is 426 g/mol. The minimum absolute atomic E-state index is 0.0506. The summed E-state index contributed by atoms with van der Waals surface area (Å²) in [4.78, 5) is 39.8. The molecule has 1 aromatic carbocycles. The fraction of sp³-hybridized carbons (Fsp3) is 0.318. The van der Waals surface area contributed by atoms with Gasteiger partial charge in [0.25, 0.3) is 11.8 Å². The Hall–Kier alpha value is -3.62. The first-order chi connectivity index (χ1) is 14.8. The van der Waals surface area contributed by atoms with Crippen LogP contribution in [0.4, 0.5) is 4.39 Å². The van der Waals surface area contributed by atoms with Gasteiger partial charge >= 0.3 is 0 Å². The van der Waals surface area contributed by atoms with Crippen molar-refractivity contribution >= 4 is 11.8 Å². The lowest BCUT2D eigenvalue weighted by Crippen LogP contribution is -2.58. The number of aromatic hydroxyl groups is 1. The van der Waals surface area contributed by atoms with Crippen molar-refractivity contribution in [1.82, 2.24) is 14.9 Å². The van der Waals surface area contributed by atoms with E-state index in [-0.39, 0.29) is 36.1 Å². The highest BCUT2D eigenvalue weighted by Crippen LogP contribution is 2.24. The molecular formula is C22H23FN4O4. The number of benzene rings is 1. The number of amides is 2. The highest BCUT2D eigenvalue weighted by molar-refractivity contribution is 5.99. The van der Waals surface area contributed by atoms with Crippen molar-refractivity contribution in [3.05, 3.63) is 75.0 Å². The van der Waals surface area contributed by atoms with Crippen molar-refractivity contribution in [1.29, 1.82) is 0 Å². The van der Waals surface area contributed by atoms with Crippen LogP contribution in [0.25, 0.3) is 0 Å². The number of hydrogen-bond donors (Lipinski definition) is 2. The number of carbonyl (C=O) groups is 2. The van der Waals surface area contributed by atoms with E-state index in [1.807, 2.05) is 24.1 Å². The van der Waals surface area contributed by atoms with Crippen LogP contribution in [0.3, 0.4) is 0 Å². The van der Waals surface area contributed by atoms with Gasteiger partial charge < -0.3 is 15.3 Å². The number of fused-ring (bicyclic) bond motifs is 4. The normalized spacial score (nSPS) is 18.8. The lowest BCUT2D eigenvalue weighted by atomic mass is 10.1. The predicted octanol–water partition coefficient (Wildman–Crippen LogP) is 1.63. The molecule has 0 saturated heterocycles. The van der Waals surface area contributed by atoms with E-state index in [4.69, 9.17) is 0 Å². The van der Waals surface area contributed by atoms with E-state index in [1.54, 1.807) is 19.1 Å². The standard InChI is InChI=1S/C22H23FN4O4/c1-13-6-7-15(17(23)9-13)10-24-21(30)16-11-26-18(20(29)19(16)28)22(31)25-8-4-3-5-14(2)27(26)12-25/h3-4,6-7,9,11,14,29H,5,8,10,12H2,1-2H3,(H,24,30)/b4-3-/t14-/m1/s1. The molecule has 2 amide bonds. The predicted molar refractivity (Wildman–Crippen MR) is 112 cm³/mol. The Morgan fingerprint density at radius 3 is 2.81 bits per heavy atom. The molecule has 0 saturated carbocycles. The fourth-order valence-electron chi connectivity index (χ4n) is 3.79. The highest BCUT2D eigenvalue weighted by atomic mass is 19.1. The molecule has 2 bridgehead atoms. The number of rotatable bonds is 3. The minimum Gasteiger partial charge on any atom is -0.502 e. The van der Waals surface area contributed by atoms with E-state index in [1.165, 1.54) is 21.8 Å². The molecule has 0 unspecified atom stereocenters. The lowest BCUT2D eigenvalue weighted by Gasteiger charge is -2.43. The Morgan fingerprint density at radius 1 is 1.29 bits per heavy atom. The molecule has 2 aliphatic heterocycles. The van der Waals surface area contributed by atoms with Gasteiger partial charge in [-0.2, -0.15) is 0 Å². The topological polar surface area (TPSA) is 94.9 Å². The quantitative estimate of drug-likeness (QED) is 0.728. The molecule has 2 aliphatic rings. The molecule has 2 N–H and O–H groups in total. The number of aryl methyl sites for hydroxylation is 1. The number of nitrogens with zero attached hydrogens (tertiary/aromatic N) is 3. The zero-order chi connectivity index (χ0) is 22.3. The van der Waals surface area contributed by atoms with Crippen LogP contribution in [0.1, 0.15) is 45.3 Å². The van der Waals surface area contributed by atoms with Crippen LogP contribution < -0.4 is 15.8 Å². The molecule has 2 aromatic rings. The Kier molecular flexibility index (Phi) is 5.26. The molecule has 162 valence electrons. The van der Waals surface area contributed by atoms with Crippen LogP contribution in [-0.2, 0) is 6.54 Å². The third-order valence-electron chi connectivity index (χ3n) is 5.62. The van der Waals surface area contributed by atoms with Gasteiger partial charge in [0.05, 0.1) is 0 Å². The average molecular weight is 426 g/mol. The van der Waals surface area contributed by atoms with Gasteiger partial charge in [-0.05, 0) is 31.9 Å². The summed E-state index contributed by atoms with van der Waals surface area (Å²) in [5.74, 6) is -2.48. The van der Waals surface area contributed by atoms with E-state index < -0.39 is 28.8 Å². The summed E-state index contributed by atoms with van der Waals surface area (Å²) in [6.07, 6.45) is 5.81. The van der Waals surface area contributed by atoms with Crippen molar-refractivity contribution in [3.63, 3.8) is 0 Å². The van der Waals surface area contributed by atoms with Crippen molar-refractivity contribution < 1.29 is 19.1 Å². The van der Waals surface area contributed by atoms with Gasteiger partial charge in [0.2, 0.25) is 5.43 Å². The molecule has 0 spiro atoms. The van der Waals surface area contributed by atoms with Crippen LogP contribution >= 0.6 is 0 Å². The zero-order valence-electron chi connectivity index (χ0n) is 17.3. The Labute approximate surface area is 178 Å². The summed E-state index contributed by atoms with van der Waals surface area (Å²) in [6, 6.07) is 4.59. The molecule has 4 rings (SSSR count). The van der Waals surface area contributed by atoms with Crippen LogP contribution in [0.15, 0.2) is 41.3 Å². The van der Waals surface area contributed by atoms with Gasteiger partial charge in [-0.1, -0.05) is 24.3 Å². The maximum absolute atomic E-state index is 14.1. The number of carbonyl (C=O) groups excluding carboxylic acids is 2. The van der Waals surface area contributed by atoms with E-state index >= 15 is 0 Å². The zero-order valence-corrected chi connectivity index (χ0v) is 17.3. The SMILES string of the molecule is Cc1ccc(CNC(=O)c2cn3c(c(O)c2=O)C(=O)N2C/C=C\C[C@@H](C)N3C2)c(F)c1. The van der Waals surface area contributed by atoms with Crippen LogP contribution in [0.2, 0.25) is 0 Å². The van der Waals surface area contributed by atoms with Gasteiger partial charge in [0.15, 0.2) is 11.4 Å². The summed E-state index contributed by atoms with van der Waals surface area (Å²) < 4.78 is 15.4. The molecule has 8 nitrogen and oxygen atoms in total. The van der Waals surface area contributed by atoms with Gasteiger partial charge in [-0.15, -0.1) is 0 Å². The summed E-state index contributed by atoms with van der Waals surface area (Å²) in [7, 11) is 0. The second-order valence-electron chi connectivity index (χ2n) is 7.86. The van der Waals surface area contributed by atoms with Crippen molar-refractivity contribution in [2.45, 2.75) is 32.9 Å². The molecule has 0 radical (unpaired) electrons. The Balaban J connectivity index is 1.69. The fourth-order valence-corrected chi connectivity index (χ4v) is 3.79. The van der Waals surface area contributed by atoms with E-state index in [0.717, 1.165) is 5.56 Å². The highest BCUT2D eigenvalue weighted by Gasteiger charge is 2.35. The second kappa shape index (κ2) is 7.90. The summed E-state index contributed by atoms with van der Waals surface area (Å²) in [5.41, 5.74) is -0.402. The molecular weight excluding hydrogens is 403 g/mol. The third-order valence-corrected chi connectivity index (χ3v) is 5.62. The Morgan fingerprint density at radius 2 is 2.06 bits per heavy atom. The van der Waals surface area contributed by atoms with Crippen molar-refractivity contribution in [3.8, 4) is 5.75 Å². The van der Waals surface area contributed by atoms with Crippen LogP contribution in [0.5, 0.6) is 5.75 Å². The number of nitrogens with one attached hydrogen (secondary N) is 1. The maximum Gasteiger partial charge on any atom is 0.278 e. The number of hydrogen-bond acceptors (Lipinski definition) is 5. The summed E-state index contributed by atoms with van der Waals surface area (Å²) in [6.45, 7) is 4.20.